The summed E-state index contributed by atoms with van der Waals surface area (Å²) in [6.45, 7) is 5.38. The van der Waals surface area contributed by atoms with Crippen LogP contribution in [0.2, 0.25) is 0 Å². The fourth-order valence-corrected chi connectivity index (χ4v) is 3.97. The number of rotatable bonds is 10. The van der Waals surface area contributed by atoms with Crippen LogP contribution < -0.4 is 9.64 Å². The Balaban J connectivity index is 1.81. The highest BCUT2D eigenvalue weighted by atomic mass is 32.1. The van der Waals surface area contributed by atoms with Crippen LogP contribution in [-0.2, 0) is 20.8 Å². The average Bonchev–Trinajstić information content (AvgIpc) is 3.23. The number of ether oxygens (including phenoxy) is 3. The second-order valence-electron chi connectivity index (χ2n) is 6.96. The summed E-state index contributed by atoms with van der Waals surface area (Å²) in [5.74, 6) is -1.59. The number of pyridine rings is 1. The van der Waals surface area contributed by atoms with Gasteiger partial charge in [0, 0.05) is 6.20 Å². The van der Waals surface area contributed by atoms with E-state index in [4.69, 9.17) is 14.2 Å². The molecule has 0 radical (unpaired) electrons. The van der Waals surface area contributed by atoms with Gasteiger partial charge in [-0.1, -0.05) is 41.7 Å². The molecule has 0 unspecified atom stereocenters. The van der Waals surface area contributed by atoms with Crippen molar-refractivity contribution in [2.75, 3.05) is 24.7 Å². The molecule has 9 nitrogen and oxygen atoms in total. The lowest BCUT2D eigenvalue weighted by atomic mass is 10.2. The standard InChI is InChI=1S/C24H25N3O6S/c1-4-31-21-18(12-9-13-25-21)22(29)33-15-19(28)27(14-17-10-7-6-8-11-17)24-26-16(3)20(34-24)23(30)32-5-2/h6-13H,4-5,14-15H2,1-3H3. The number of anilines is 1. The van der Waals surface area contributed by atoms with Crippen LogP contribution in [0.5, 0.6) is 5.88 Å². The van der Waals surface area contributed by atoms with E-state index in [1.165, 1.54) is 17.2 Å². The van der Waals surface area contributed by atoms with Crippen molar-refractivity contribution >= 4 is 34.3 Å². The number of hydrogen-bond donors (Lipinski definition) is 0. The van der Waals surface area contributed by atoms with Gasteiger partial charge in [0.05, 0.1) is 25.5 Å². The molecule has 2 heterocycles. The minimum atomic E-state index is -0.730. The number of aromatic nitrogens is 2. The van der Waals surface area contributed by atoms with E-state index in [-0.39, 0.29) is 24.6 Å². The highest BCUT2D eigenvalue weighted by Crippen LogP contribution is 2.28. The third kappa shape index (κ3) is 6.16. The highest BCUT2D eigenvalue weighted by Gasteiger charge is 2.26. The van der Waals surface area contributed by atoms with Crippen LogP contribution in [0.15, 0.2) is 48.7 Å². The molecule has 3 rings (SSSR count). The second-order valence-corrected chi connectivity index (χ2v) is 7.94. The topological polar surface area (TPSA) is 108 Å². The van der Waals surface area contributed by atoms with Gasteiger partial charge in [0.15, 0.2) is 11.7 Å². The summed E-state index contributed by atoms with van der Waals surface area (Å²) in [6, 6.07) is 12.4. The van der Waals surface area contributed by atoms with E-state index in [1.807, 2.05) is 30.3 Å². The minimum absolute atomic E-state index is 0.126. The smallest absolute Gasteiger partial charge is 0.350 e. The zero-order valence-electron chi connectivity index (χ0n) is 19.1. The molecule has 0 aliphatic carbocycles. The van der Waals surface area contributed by atoms with Crippen molar-refractivity contribution in [3.05, 3.63) is 70.4 Å². The average molecular weight is 484 g/mol. The van der Waals surface area contributed by atoms with Crippen molar-refractivity contribution in [2.45, 2.75) is 27.3 Å². The van der Waals surface area contributed by atoms with E-state index in [1.54, 1.807) is 26.8 Å². The Morgan fingerprint density at radius 1 is 0.971 bits per heavy atom. The zero-order valence-corrected chi connectivity index (χ0v) is 20.0. The van der Waals surface area contributed by atoms with Gasteiger partial charge in [0.1, 0.15) is 10.4 Å². The summed E-state index contributed by atoms with van der Waals surface area (Å²) in [5.41, 5.74) is 1.43. The summed E-state index contributed by atoms with van der Waals surface area (Å²) in [6.07, 6.45) is 1.50. The molecule has 0 fully saturated rings. The van der Waals surface area contributed by atoms with Gasteiger partial charge in [-0.15, -0.1) is 0 Å². The van der Waals surface area contributed by atoms with E-state index in [9.17, 15) is 14.4 Å². The van der Waals surface area contributed by atoms with Crippen LogP contribution in [0.25, 0.3) is 0 Å². The Kier molecular flexibility index (Phi) is 8.69. The maximum atomic E-state index is 13.2. The molecule has 0 bridgehead atoms. The number of benzene rings is 1. The Labute approximate surface area is 201 Å². The van der Waals surface area contributed by atoms with Crippen molar-refractivity contribution in [1.29, 1.82) is 0 Å². The van der Waals surface area contributed by atoms with Crippen molar-refractivity contribution in [2.24, 2.45) is 0 Å². The van der Waals surface area contributed by atoms with Crippen LogP contribution in [0, 0.1) is 6.92 Å². The third-order valence-corrected chi connectivity index (χ3v) is 5.72. The number of hydrogen-bond acceptors (Lipinski definition) is 9. The van der Waals surface area contributed by atoms with Crippen LogP contribution in [0.4, 0.5) is 5.13 Å². The Hall–Kier alpha value is -3.79. The molecule has 3 aromatic rings. The van der Waals surface area contributed by atoms with Crippen LogP contribution in [0.3, 0.4) is 0 Å². The lowest BCUT2D eigenvalue weighted by Gasteiger charge is -2.20. The summed E-state index contributed by atoms with van der Waals surface area (Å²) >= 11 is 1.05. The quantitative estimate of drug-likeness (QED) is 0.401. The fourth-order valence-electron chi connectivity index (χ4n) is 2.99. The van der Waals surface area contributed by atoms with Gasteiger partial charge in [-0.3, -0.25) is 9.69 Å². The first kappa shape index (κ1) is 24.8. The first-order valence-electron chi connectivity index (χ1n) is 10.7. The first-order chi connectivity index (χ1) is 16.4. The van der Waals surface area contributed by atoms with Crippen molar-refractivity contribution in [3.63, 3.8) is 0 Å². The number of carbonyl (C=O) groups excluding carboxylic acids is 3. The largest absolute Gasteiger partial charge is 0.477 e. The Morgan fingerprint density at radius 3 is 2.44 bits per heavy atom. The number of amides is 1. The first-order valence-corrected chi connectivity index (χ1v) is 11.5. The summed E-state index contributed by atoms with van der Waals surface area (Å²) in [4.78, 5) is 48.1. The molecule has 0 spiro atoms. The lowest BCUT2D eigenvalue weighted by Crippen LogP contribution is -2.34. The Bertz CT molecular complexity index is 1150. The van der Waals surface area contributed by atoms with Crippen molar-refractivity contribution in [3.8, 4) is 5.88 Å². The van der Waals surface area contributed by atoms with Gasteiger partial charge in [0.25, 0.3) is 5.91 Å². The number of carbonyl (C=O) groups is 3. The molecular formula is C24H25N3O6S. The molecule has 10 heteroatoms. The predicted molar refractivity (Wildman–Crippen MR) is 126 cm³/mol. The molecule has 1 aromatic carbocycles. The van der Waals surface area contributed by atoms with Gasteiger partial charge in [-0.2, -0.15) is 0 Å². The summed E-state index contributed by atoms with van der Waals surface area (Å²) in [7, 11) is 0. The van der Waals surface area contributed by atoms with E-state index >= 15 is 0 Å². The van der Waals surface area contributed by atoms with Gasteiger partial charge < -0.3 is 14.2 Å². The van der Waals surface area contributed by atoms with E-state index in [0.29, 0.717) is 22.3 Å². The van der Waals surface area contributed by atoms with Crippen molar-refractivity contribution in [1.82, 2.24) is 9.97 Å². The molecule has 0 N–H and O–H groups in total. The molecule has 178 valence electrons. The van der Waals surface area contributed by atoms with Gasteiger partial charge >= 0.3 is 11.9 Å². The molecule has 1 amide bonds. The fraction of sp³-hybridized carbons (Fsp3) is 0.292. The lowest BCUT2D eigenvalue weighted by molar-refractivity contribution is -0.121. The maximum absolute atomic E-state index is 13.2. The van der Waals surface area contributed by atoms with E-state index in [0.717, 1.165) is 16.9 Å². The minimum Gasteiger partial charge on any atom is -0.477 e. The number of thiazole rings is 1. The van der Waals surface area contributed by atoms with Gasteiger partial charge in [0.2, 0.25) is 5.88 Å². The second kappa shape index (κ2) is 11.9. The molecule has 0 saturated carbocycles. The monoisotopic (exact) mass is 483 g/mol. The molecule has 0 atom stereocenters. The molecule has 0 aliphatic heterocycles. The predicted octanol–water partition coefficient (Wildman–Crippen LogP) is 3.81. The van der Waals surface area contributed by atoms with Gasteiger partial charge in [-0.25, -0.2) is 19.6 Å². The number of nitrogens with zero attached hydrogens (tertiary/aromatic N) is 3. The Morgan fingerprint density at radius 2 is 1.74 bits per heavy atom. The summed E-state index contributed by atoms with van der Waals surface area (Å²) in [5, 5.41) is 0.307. The SMILES string of the molecule is CCOC(=O)c1sc(N(Cc2ccccc2)C(=O)COC(=O)c2cccnc2OCC)nc1C. The molecular weight excluding hydrogens is 458 g/mol. The van der Waals surface area contributed by atoms with Crippen LogP contribution >= 0.6 is 11.3 Å². The number of aryl methyl sites for hydroxylation is 1. The van der Waals surface area contributed by atoms with Gasteiger partial charge in [-0.05, 0) is 38.5 Å². The third-order valence-electron chi connectivity index (χ3n) is 4.56. The van der Waals surface area contributed by atoms with E-state index < -0.39 is 24.5 Å². The van der Waals surface area contributed by atoms with Crippen LogP contribution in [0.1, 0.15) is 45.1 Å². The zero-order chi connectivity index (χ0) is 24.5. The summed E-state index contributed by atoms with van der Waals surface area (Å²) < 4.78 is 15.7. The highest BCUT2D eigenvalue weighted by molar-refractivity contribution is 7.17. The molecule has 34 heavy (non-hydrogen) atoms. The molecule has 2 aromatic heterocycles. The normalized spacial score (nSPS) is 10.4. The molecule has 0 aliphatic rings. The maximum Gasteiger partial charge on any atom is 0.350 e. The van der Waals surface area contributed by atoms with Crippen molar-refractivity contribution < 1.29 is 28.6 Å². The number of esters is 2. The van der Waals surface area contributed by atoms with Crippen LogP contribution in [-0.4, -0.2) is 47.6 Å². The molecule has 0 saturated heterocycles. The van der Waals surface area contributed by atoms with E-state index in [2.05, 4.69) is 9.97 Å².